The number of carbonyl (C=O) groups is 1. The summed E-state index contributed by atoms with van der Waals surface area (Å²) in [5.41, 5.74) is 3.84. The van der Waals surface area contributed by atoms with Gasteiger partial charge in [-0.3, -0.25) is 4.79 Å². The molecule has 35 heavy (non-hydrogen) atoms. The summed E-state index contributed by atoms with van der Waals surface area (Å²) in [4.78, 5) is 12.6. The first-order chi connectivity index (χ1) is 16.7. The lowest BCUT2D eigenvalue weighted by Gasteiger charge is -2.22. The number of phenolic OH excluding ortho intramolecular Hbond substituents is 1. The molecule has 0 spiro atoms. The third kappa shape index (κ3) is 6.87. The quantitative estimate of drug-likeness (QED) is 0.328. The Morgan fingerprint density at radius 2 is 1.86 bits per heavy atom. The molecule has 0 saturated heterocycles. The van der Waals surface area contributed by atoms with Crippen LogP contribution < -0.4 is 10.2 Å². The zero-order chi connectivity index (χ0) is 25.4. The summed E-state index contributed by atoms with van der Waals surface area (Å²) >= 11 is 0. The lowest BCUT2D eigenvalue weighted by Crippen LogP contribution is -2.39. The van der Waals surface area contributed by atoms with Gasteiger partial charge in [0.2, 0.25) is 10.0 Å². The smallest absolute Gasteiger partial charge is 0.255 e. The van der Waals surface area contributed by atoms with Crippen molar-refractivity contribution in [2.24, 2.45) is 5.10 Å². The van der Waals surface area contributed by atoms with Gasteiger partial charge in [-0.1, -0.05) is 35.9 Å². The van der Waals surface area contributed by atoms with Crippen molar-refractivity contribution in [2.75, 3.05) is 13.2 Å². The van der Waals surface area contributed by atoms with Crippen LogP contribution in [-0.4, -0.2) is 43.1 Å². The minimum Gasteiger partial charge on any atom is -0.504 e. The highest BCUT2D eigenvalue weighted by atomic mass is 32.2. The fourth-order valence-electron chi connectivity index (χ4n) is 3.16. The van der Waals surface area contributed by atoms with Crippen LogP contribution in [0.5, 0.6) is 11.5 Å². The molecule has 3 aromatic rings. The van der Waals surface area contributed by atoms with Gasteiger partial charge in [0.05, 0.1) is 24.3 Å². The Labute approximate surface area is 203 Å². The molecule has 8 nitrogen and oxygen atoms in total. The van der Waals surface area contributed by atoms with E-state index in [4.69, 9.17) is 4.74 Å². The second kappa shape index (κ2) is 11.6. The Morgan fingerprint density at radius 3 is 2.54 bits per heavy atom. The van der Waals surface area contributed by atoms with Gasteiger partial charge in [-0.05, 0) is 55.8 Å². The molecule has 0 fully saturated rings. The average molecular weight is 500 g/mol. The fraction of sp³-hybridized carbons (Fsp3) is 0.200. The van der Waals surface area contributed by atoms with Crippen molar-refractivity contribution in [3.05, 3.63) is 89.2 Å². The third-order valence-electron chi connectivity index (χ3n) is 4.97. The number of amides is 1. The predicted octanol–water partition coefficient (Wildman–Crippen LogP) is 3.58. The van der Waals surface area contributed by atoms with E-state index in [1.165, 1.54) is 42.6 Å². The maximum atomic E-state index is 14.3. The molecule has 184 valence electrons. The number of hydrogen-bond donors (Lipinski definition) is 2. The highest BCUT2D eigenvalue weighted by Gasteiger charge is 2.27. The van der Waals surface area contributed by atoms with E-state index in [-0.39, 0.29) is 28.5 Å². The SMILES string of the molecule is CCOc1cc(/C=N\NC(=O)CN(Cc2ccccc2F)S(=O)(=O)c2ccc(C)cc2)ccc1O. The Hall–Kier alpha value is -3.76. The number of phenols is 1. The van der Waals surface area contributed by atoms with E-state index in [0.717, 1.165) is 9.87 Å². The molecule has 3 aromatic carbocycles. The molecule has 3 rings (SSSR count). The lowest BCUT2D eigenvalue weighted by molar-refractivity contribution is -0.121. The van der Waals surface area contributed by atoms with Gasteiger partial charge in [0.1, 0.15) is 5.82 Å². The largest absolute Gasteiger partial charge is 0.504 e. The number of nitrogens with one attached hydrogen (secondary N) is 1. The number of hydrogen-bond acceptors (Lipinski definition) is 6. The van der Waals surface area contributed by atoms with Crippen LogP contribution in [0.2, 0.25) is 0 Å². The van der Waals surface area contributed by atoms with Crippen LogP contribution in [0.25, 0.3) is 0 Å². The van der Waals surface area contributed by atoms with Crippen LogP contribution in [-0.2, 0) is 21.4 Å². The second-order valence-corrected chi connectivity index (χ2v) is 9.57. The van der Waals surface area contributed by atoms with E-state index in [2.05, 4.69) is 10.5 Å². The molecule has 0 radical (unpaired) electrons. The maximum absolute atomic E-state index is 14.3. The van der Waals surface area contributed by atoms with Gasteiger partial charge >= 0.3 is 0 Å². The first-order valence-corrected chi connectivity index (χ1v) is 12.2. The first kappa shape index (κ1) is 25.9. The zero-order valence-electron chi connectivity index (χ0n) is 19.3. The summed E-state index contributed by atoms with van der Waals surface area (Å²) in [7, 11) is -4.11. The summed E-state index contributed by atoms with van der Waals surface area (Å²) in [5.74, 6) is -1.05. The second-order valence-electron chi connectivity index (χ2n) is 7.63. The summed E-state index contributed by atoms with van der Waals surface area (Å²) in [5, 5.41) is 13.6. The minimum atomic E-state index is -4.11. The van der Waals surface area contributed by atoms with Gasteiger partial charge in [-0.2, -0.15) is 9.41 Å². The lowest BCUT2D eigenvalue weighted by atomic mass is 10.2. The number of ether oxygens (including phenoxy) is 1. The van der Waals surface area contributed by atoms with Gasteiger partial charge in [0, 0.05) is 12.1 Å². The van der Waals surface area contributed by atoms with Gasteiger partial charge in [-0.25, -0.2) is 18.2 Å². The van der Waals surface area contributed by atoms with E-state index in [1.807, 2.05) is 6.92 Å². The molecular formula is C25H26FN3O5S. The van der Waals surface area contributed by atoms with Crippen LogP contribution in [0.1, 0.15) is 23.6 Å². The number of rotatable bonds is 10. The molecule has 0 aromatic heterocycles. The van der Waals surface area contributed by atoms with Crippen LogP contribution in [0.4, 0.5) is 4.39 Å². The Bertz CT molecular complexity index is 1310. The van der Waals surface area contributed by atoms with Gasteiger partial charge < -0.3 is 9.84 Å². The Kier molecular flexibility index (Phi) is 8.56. The maximum Gasteiger partial charge on any atom is 0.255 e. The number of hydrazone groups is 1. The molecule has 0 saturated carbocycles. The molecule has 2 N–H and O–H groups in total. The highest BCUT2D eigenvalue weighted by molar-refractivity contribution is 7.89. The fourth-order valence-corrected chi connectivity index (χ4v) is 4.53. The molecule has 0 aliphatic heterocycles. The van der Waals surface area contributed by atoms with Crippen LogP contribution in [0.15, 0.2) is 76.7 Å². The van der Waals surface area contributed by atoms with E-state index >= 15 is 0 Å². The topological polar surface area (TPSA) is 108 Å². The number of benzene rings is 3. The van der Waals surface area contributed by atoms with Crippen LogP contribution >= 0.6 is 0 Å². The van der Waals surface area contributed by atoms with Crippen molar-refractivity contribution < 1.29 is 27.4 Å². The number of aromatic hydroxyl groups is 1. The number of halogens is 1. The number of nitrogens with zero attached hydrogens (tertiary/aromatic N) is 2. The molecule has 1 amide bonds. The molecule has 0 heterocycles. The third-order valence-corrected chi connectivity index (χ3v) is 6.78. The summed E-state index contributed by atoms with van der Waals surface area (Å²) < 4.78 is 47.0. The average Bonchev–Trinajstić information content (AvgIpc) is 2.82. The molecular weight excluding hydrogens is 473 g/mol. The summed E-state index contributed by atoms with van der Waals surface area (Å²) in [6.45, 7) is 3.04. The summed E-state index contributed by atoms with van der Waals surface area (Å²) in [6, 6.07) is 16.5. The van der Waals surface area contributed by atoms with E-state index in [0.29, 0.717) is 12.2 Å². The van der Waals surface area contributed by atoms with Crippen LogP contribution in [0, 0.1) is 12.7 Å². The molecule has 0 aliphatic rings. The zero-order valence-corrected chi connectivity index (χ0v) is 20.1. The molecule has 10 heteroatoms. The van der Waals surface area contributed by atoms with E-state index < -0.39 is 28.3 Å². The van der Waals surface area contributed by atoms with Crippen molar-refractivity contribution in [3.8, 4) is 11.5 Å². The van der Waals surface area contributed by atoms with Gasteiger partial charge in [-0.15, -0.1) is 0 Å². The number of aryl methyl sites for hydroxylation is 1. The molecule has 0 aliphatic carbocycles. The molecule has 0 unspecified atom stereocenters. The highest BCUT2D eigenvalue weighted by Crippen LogP contribution is 2.26. The van der Waals surface area contributed by atoms with Crippen molar-refractivity contribution in [2.45, 2.75) is 25.3 Å². The Balaban J connectivity index is 1.78. The number of sulfonamides is 1. The first-order valence-electron chi connectivity index (χ1n) is 10.8. The molecule has 0 bridgehead atoms. The Morgan fingerprint density at radius 1 is 1.14 bits per heavy atom. The monoisotopic (exact) mass is 499 g/mol. The van der Waals surface area contributed by atoms with Crippen molar-refractivity contribution in [3.63, 3.8) is 0 Å². The van der Waals surface area contributed by atoms with E-state index in [1.54, 1.807) is 37.3 Å². The number of carbonyl (C=O) groups excluding carboxylic acids is 1. The van der Waals surface area contributed by atoms with E-state index in [9.17, 15) is 22.7 Å². The standard InChI is InChI=1S/C25H26FN3O5S/c1-3-34-24-14-19(10-13-23(24)30)15-27-28-25(31)17-29(16-20-6-4-5-7-22(20)26)35(32,33)21-11-8-18(2)9-12-21/h4-15,30H,3,16-17H2,1-2H3,(H,28,31)/b27-15-. The van der Waals surface area contributed by atoms with Crippen LogP contribution in [0.3, 0.4) is 0 Å². The van der Waals surface area contributed by atoms with Crippen molar-refractivity contribution >= 4 is 22.1 Å². The van der Waals surface area contributed by atoms with Gasteiger partial charge in [0.15, 0.2) is 11.5 Å². The van der Waals surface area contributed by atoms with Crippen molar-refractivity contribution in [1.82, 2.24) is 9.73 Å². The van der Waals surface area contributed by atoms with Gasteiger partial charge in [0.25, 0.3) is 5.91 Å². The minimum absolute atomic E-state index is 0.0108. The summed E-state index contributed by atoms with van der Waals surface area (Å²) in [6.07, 6.45) is 1.33. The predicted molar refractivity (Wildman–Crippen MR) is 130 cm³/mol. The normalized spacial score (nSPS) is 11.7. The van der Waals surface area contributed by atoms with Crippen molar-refractivity contribution in [1.29, 1.82) is 0 Å². The molecule has 0 atom stereocenters.